The third-order valence-corrected chi connectivity index (χ3v) is 3.83. The molecule has 0 amide bonds. The topological polar surface area (TPSA) is 15.3 Å². The summed E-state index contributed by atoms with van der Waals surface area (Å²) in [4.78, 5) is 2.12. The van der Waals surface area contributed by atoms with E-state index < -0.39 is 11.6 Å². The molecule has 0 unspecified atom stereocenters. The molecule has 1 N–H and O–H groups in total. The molecule has 20 heavy (non-hydrogen) atoms. The number of nitrogens with one attached hydrogen (secondary N) is 1. The van der Waals surface area contributed by atoms with Gasteiger partial charge >= 0.3 is 0 Å². The molecule has 2 rings (SSSR count). The SMILES string of the molecule is C=CCC[C@H](c1c(F)cc(Cl)cc1F)N1CCNCC1. The van der Waals surface area contributed by atoms with E-state index in [-0.39, 0.29) is 16.6 Å². The van der Waals surface area contributed by atoms with Gasteiger partial charge in [0.1, 0.15) is 11.6 Å². The van der Waals surface area contributed by atoms with Gasteiger partial charge in [-0.05, 0) is 25.0 Å². The second-order valence-electron chi connectivity index (χ2n) is 4.95. The molecule has 1 aliphatic rings. The molecule has 2 nitrogen and oxygen atoms in total. The predicted molar refractivity (Wildman–Crippen MR) is 78.0 cm³/mol. The normalized spacial score (nSPS) is 17.9. The second-order valence-corrected chi connectivity index (χ2v) is 5.39. The van der Waals surface area contributed by atoms with Crippen molar-refractivity contribution >= 4 is 11.6 Å². The fraction of sp³-hybridized carbons (Fsp3) is 0.467. The minimum atomic E-state index is -0.567. The fourth-order valence-corrected chi connectivity index (χ4v) is 2.84. The van der Waals surface area contributed by atoms with E-state index in [0.717, 1.165) is 32.6 Å². The summed E-state index contributed by atoms with van der Waals surface area (Å²) in [6.45, 7) is 6.92. The molecule has 0 saturated carbocycles. The number of allylic oxidation sites excluding steroid dienone is 1. The monoisotopic (exact) mass is 300 g/mol. The van der Waals surface area contributed by atoms with Gasteiger partial charge in [0.15, 0.2) is 0 Å². The Kier molecular flexibility index (Phi) is 5.52. The largest absolute Gasteiger partial charge is 0.314 e. The number of benzene rings is 1. The average Bonchev–Trinajstić information content (AvgIpc) is 2.42. The zero-order valence-corrected chi connectivity index (χ0v) is 12.1. The highest BCUT2D eigenvalue weighted by atomic mass is 35.5. The Balaban J connectivity index is 2.32. The first-order valence-corrected chi connectivity index (χ1v) is 7.21. The highest BCUT2D eigenvalue weighted by Gasteiger charge is 2.27. The molecule has 0 aliphatic carbocycles. The van der Waals surface area contributed by atoms with Crippen molar-refractivity contribution in [2.75, 3.05) is 26.2 Å². The Hall–Kier alpha value is -0.970. The number of rotatable bonds is 5. The molecule has 1 aromatic carbocycles. The summed E-state index contributed by atoms with van der Waals surface area (Å²) in [6, 6.07) is 2.10. The second kappa shape index (κ2) is 7.16. The molecule has 1 saturated heterocycles. The summed E-state index contributed by atoms with van der Waals surface area (Å²) in [5.74, 6) is -1.13. The van der Waals surface area contributed by atoms with Gasteiger partial charge in [0.2, 0.25) is 0 Å². The van der Waals surface area contributed by atoms with E-state index in [0.29, 0.717) is 6.42 Å². The number of halogens is 3. The zero-order chi connectivity index (χ0) is 14.5. The van der Waals surface area contributed by atoms with Gasteiger partial charge in [0.25, 0.3) is 0 Å². The van der Waals surface area contributed by atoms with Crippen molar-refractivity contribution < 1.29 is 8.78 Å². The maximum atomic E-state index is 14.2. The molecule has 0 bridgehead atoms. The first-order chi connectivity index (χ1) is 9.63. The van der Waals surface area contributed by atoms with E-state index in [4.69, 9.17) is 11.6 Å². The molecule has 1 fully saturated rings. The molecule has 1 aromatic rings. The number of hydrogen-bond donors (Lipinski definition) is 1. The predicted octanol–water partition coefficient (Wildman–Crippen LogP) is 3.53. The smallest absolute Gasteiger partial charge is 0.132 e. The summed E-state index contributed by atoms with van der Waals surface area (Å²) < 4.78 is 28.3. The molecule has 0 spiro atoms. The van der Waals surface area contributed by atoms with Gasteiger partial charge in [-0.15, -0.1) is 6.58 Å². The first-order valence-electron chi connectivity index (χ1n) is 6.83. The van der Waals surface area contributed by atoms with Gasteiger partial charge < -0.3 is 5.32 Å². The van der Waals surface area contributed by atoms with E-state index in [1.165, 1.54) is 12.1 Å². The minimum absolute atomic E-state index is 0.0894. The highest BCUT2D eigenvalue weighted by molar-refractivity contribution is 6.30. The third-order valence-electron chi connectivity index (χ3n) is 3.61. The summed E-state index contributed by atoms with van der Waals surface area (Å²) in [7, 11) is 0. The lowest BCUT2D eigenvalue weighted by Crippen LogP contribution is -2.45. The van der Waals surface area contributed by atoms with Gasteiger partial charge in [0, 0.05) is 42.8 Å². The first kappa shape index (κ1) is 15.4. The van der Waals surface area contributed by atoms with Crippen LogP contribution in [0.15, 0.2) is 24.8 Å². The van der Waals surface area contributed by atoms with Gasteiger partial charge in [-0.25, -0.2) is 8.78 Å². The van der Waals surface area contributed by atoms with Crippen molar-refractivity contribution in [1.29, 1.82) is 0 Å². The van der Waals surface area contributed by atoms with E-state index in [1.54, 1.807) is 6.08 Å². The average molecular weight is 301 g/mol. The zero-order valence-electron chi connectivity index (χ0n) is 11.3. The van der Waals surface area contributed by atoms with Crippen molar-refractivity contribution in [2.45, 2.75) is 18.9 Å². The Morgan fingerprint density at radius 2 is 1.90 bits per heavy atom. The molecule has 110 valence electrons. The van der Waals surface area contributed by atoms with Crippen molar-refractivity contribution in [3.63, 3.8) is 0 Å². The number of hydrogen-bond acceptors (Lipinski definition) is 2. The van der Waals surface area contributed by atoms with Crippen LogP contribution in [0.25, 0.3) is 0 Å². The Bertz CT molecular complexity index is 450. The Morgan fingerprint density at radius 1 is 1.30 bits per heavy atom. The van der Waals surface area contributed by atoms with Crippen molar-refractivity contribution in [3.8, 4) is 0 Å². The van der Waals surface area contributed by atoms with Crippen LogP contribution in [0.1, 0.15) is 24.4 Å². The van der Waals surface area contributed by atoms with Crippen molar-refractivity contribution in [3.05, 3.63) is 47.0 Å². The van der Waals surface area contributed by atoms with Crippen LogP contribution in [-0.2, 0) is 0 Å². The molecule has 5 heteroatoms. The van der Waals surface area contributed by atoms with Crippen LogP contribution in [0, 0.1) is 11.6 Å². The maximum Gasteiger partial charge on any atom is 0.132 e. The minimum Gasteiger partial charge on any atom is -0.314 e. The molecular weight excluding hydrogens is 282 g/mol. The van der Waals surface area contributed by atoms with Crippen LogP contribution in [-0.4, -0.2) is 31.1 Å². The van der Waals surface area contributed by atoms with Crippen molar-refractivity contribution in [1.82, 2.24) is 10.2 Å². The number of nitrogens with zero attached hydrogens (tertiary/aromatic N) is 1. The molecule has 0 aromatic heterocycles. The van der Waals surface area contributed by atoms with E-state index in [1.807, 2.05) is 0 Å². The van der Waals surface area contributed by atoms with Gasteiger partial charge in [0.05, 0.1) is 0 Å². The summed E-state index contributed by atoms with van der Waals surface area (Å²) in [6.07, 6.45) is 3.15. The summed E-state index contributed by atoms with van der Waals surface area (Å²) in [5, 5.41) is 3.33. The van der Waals surface area contributed by atoms with Crippen LogP contribution in [0.3, 0.4) is 0 Å². The molecule has 1 heterocycles. The standard InChI is InChI=1S/C15H19ClF2N2/c1-2-3-4-14(20-7-5-19-6-8-20)15-12(17)9-11(16)10-13(15)18/h2,9-10,14,19H,1,3-8H2/t14-/m1/s1. The molecular formula is C15H19ClF2N2. The lowest BCUT2D eigenvalue weighted by atomic mass is 9.98. The van der Waals surface area contributed by atoms with Gasteiger partial charge in [-0.3, -0.25) is 4.90 Å². The van der Waals surface area contributed by atoms with E-state index in [2.05, 4.69) is 16.8 Å². The summed E-state index contributed by atoms with van der Waals surface area (Å²) in [5.41, 5.74) is 0.123. The van der Waals surface area contributed by atoms with E-state index in [9.17, 15) is 8.78 Å². The quantitative estimate of drug-likeness (QED) is 0.837. The fourth-order valence-electron chi connectivity index (χ4n) is 2.65. The molecule has 0 radical (unpaired) electrons. The van der Waals surface area contributed by atoms with Gasteiger partial charge in [-0.1, -0.05) is 17.7 Å². The lowest BCUT2D eigenvalue weighted by Gasteiger charge is -2.35. The highest BCUT2D eigenvalue weighted by Crippen LogP contribution is 2.32. The molecule has 1 atom stereocenters. The lowest BCUT2D eigenvalue weighted by molar-refractivity contribution is 0.159. The van der Waals surface area contributed by atoms with E-state index >= 15 is 0 Å². The number of piperazine rings is 1. The van der Waals surface area contributed by atoms with Crippen LogP contribution in [0.4, 0.5) is 8.78 Å². The summed E-state index contributed by atoms with van der Waals surface area (Å²) >= 11 is 5.70. The Labute approximate surface area is 123 Å². The molecule has 1 aliphatic heterocycles. The van der Waals surface area contributed by atoms with Crippen LogP contribution in [0.5, 0.6) is 0 Å². The van der Waals surface area contributed by atoms with Crippen LogP contribution in [0.2, 0.25) is 5.02 Å². The van der Waals surface area contributed by atoms with Gasteiger partial charge in [-0.2, -0.15) is 0 Å². The third kappa shape index (κ3) is 3.57. The van der Waals surface area contributed by atoms with Crippen molar-refractivity contribution in [2.24, 2.45) is 0 Å². The maximum absolute atomic E-state index is 14.2. The van der Waals surface area contributed by atoms with Crippen LogP contribution >= 0.6 is 11.6 Å². The Morgan fingerprint density at radius 3 is 2.45 bits per heavy atom. The van der Waals surface area contributed by atoms with Crippen LogP contribution < -0.4 is 5.32 Å².